The average molecular weight is 521 g/mol. The molecule has 6 rings (SSSR count). The highest BCUT2D eigenvalue weighted by Crippen LogP contribution is 2.59. The van der Waals surface area contributed by atoms with Crippen LogP contribution in [0.1, 0.15) is 49.2 Å². The molecule has 4 atom stereocenters. The molecule has 1 amide bonds. The molecule has 0 aliphatic carbocycles. The summed E-state index contributed by atoms with van der Waals surface area (Å²) >= 11 is 0. The summed E-state index contributed by atoms with van der Waals surface area (Å²) in [5, 5.41) is 3.08. The number of para-hydroxylation sites is 2. The summed E-state index contributed by atoms with van der Waals surface area (Å²) in [5.74, 6) is -1.01. The molecule has 0 bridgehead atoms. The lowest BCUT2D eigenvalue weighted by Crippen LogP contribution is -2.51. The van der Waals surface area contributed by atoms with Gasteiger partial charge in [-0.3, -0.25) is 14.4 Å². The van der Waals surface area contributed by atoms with E-state index in [2.05, 4.69) is 16.3 Å². The van der Waals surface area contributed by atoms with Crippen molar-refractivity contribution in [2.75, 3.05) is 17.3 Å². The summed E-state index contributed by atoms with van der Waals surface area (Å²) in [6, 6.07) is 21.1. The van der Waals surface area contributed by atoms with E-state index in [9.17, 15) is 14.4 Å². The predicted molar refractivity (Wildman–Crippen MR) is 152 cm³/mol. The van der Waals surface area contributed by atoms with Crippen LogP contribution in [0.15, 0.2) is 78.9 Å². The molecule has 1 N–H and O–H groups in total. The molecule has 0 unspecified atom stereocenters. The SMILES string of the molecule is COc1cccc(C(=O)[C@@H]2[C@H](C(=O)C(C)(C)C)N3c4ccccc4C(C)=C[C@H]3[C@]23C(=O)Nc2ccccc23)c1. The minimum absolute atomic E-state index is 0.0782. The van der Waals surface area contributed by atoms with Crippen LogP contribution in [-0.4, -0.2) is 36.7 Å². The van der Waals surface area contributed by atoms with E-state index in [0.29, 0.717) is 17.0 Å². The number of hydrogen-bond donors (Lipinski definition) is 1. The van der Waals surface area contributed by atoms with Crippen molar-refractivity contribution in [3.63, 3.8) is 0 Å². The Morgan fingerprint density at radius 1 is 0.974 bits per heavy atom. The number of hydrogen-bond acceptors (Lipinski definition) is 5. The lowest BCUT2D eigenvalue weighted by molar-refractivity contribution is -0.128. The Kier molecular flexibility index (Phi) is 5.58. The zero-order chi connectivity index (χ0) is 27.7. The first-order valence-corrected chi connectivity index (χ1v) is 13.3. The normalized spacial score (nSPS) is 24.9. The molecule has 1 spiro atoms. The first-order valence-electron chi connectivity index (χ1n) is 13.3. The quantitative estimate of drug-likeness (QED) is 0.449. The van der Waals surface area contributed by atoms with Crippen molar-refractivity contribution < 1.29 is 19.1 Å². The maximum absolute atomic E-state index is 14.8. The molecule has 6 heteroatoms. The monoisotopic (exact) mass is 520 g/mol. The minimum Gasteiger partial charge on any atom is -0.497 e. The molecule has 0 radical (unpaired) electrons. The van der Waals surface area contributed by atoms with Crippen LogP contribution in [0.4, 0.5) is 11.4 Å². The van der Waals surface area contributed by atoms with Crippen molar-refractivity contribution in [1.29, 1.82) is 0 Å². The van der Waals surface area contributed by atoms with Gasteiger partial charge in [0.25, 0.3) is 0 Å². The number of amides is 1. The smallest absolute Gasteiger partial charge is 0.238 e. The standard InChI is InChI=1S/C33H32N2O4/c1-19-17-26-33(23-14-7-8-15-24(23)34-31(33)38)27(29(36)20-11-10-12-21(18-20)39-5)28(30(37)32(2,3)4)35(26)25-16-9-6-13-22(19)25/h6-18,26-28H,1-5H3,(H,34,38)/t26-,27-,28+,33-/m0/s1. The van der Waals surface area contributed by atoms with Crippen LogP contribution in [0, 0.1) is 11.3 Å². The number of allylic oxidation sites excluding steroid dienone is 1. The largest absolute Gasteiger partial charge is 0.497 e. The Hall–Kier alpha value is -4.19. The van der Waals surface area contributed by atoms with Gasteiger partial charge in [-0.1, -0.05) is 75.4 Å². The molecule has 0 saturated carbocycles. The summed E-state index contributed by atoms with van der Waals surface area (Å²) in [4.78, 5) is 45.7. The number of Topliss-reactive ketones (excluding diaryl/α,β-unsaturated/α-hetero) is 2. The molecule has 3 aliphatic heterocycles. The van der Waals surface area contributed by atoms with Crippen molar-refractivity contribution in [2.45, 2.75) is 45.2 Å². The Morgan fingerprint density at radius 3 is 2.44 bits per heavy atom. The second-order valence-electron chi connectivity index (χ2n) is 11.7. The number of anilines is 2. The van der Waals surface area contributed by atoms with Crippen LogP contribution < -0.4 is 15.0 Å². The Bertz CT molecular complexity index is 1570. The predicted octanol–water partition coefficient (Wildman–Crippen LogP) is 5.67. The Labute approximate surface area is 228 Å². The van der Waals surface area contributed by atoms with Crippen molar-refractivity contribution >= 4 is 34.4 Å². The van der Waals surface area contributed by atoms with Gasteiger partial charge in [-0.25, -0.2) is 0 Å². The number of methoxy groups -OCH3 is 1. The van der Waals surface area contributed by atoms with Gasteiger partial charge in [0.05, 0.1) is 19.1 Å². The molecular weight excluding hydrogens is 488 g/mol. The van der Waals surface area contributed by atoms with E-state index in [-0.39, 0.29) is 17.5 Å². The number of benzene rings is 3. The number of rotatable bonds is 4. The van der Waals surface area contributed by atoms with Crippen molar-refractivity contribution in [3.8, 4) is 5.75 Å². The maximum atomic E-state index is 14.8. The molecule has 6 nitrogen and oxygen atoms in total. The second kappa shape index (κ2) is 8.67. The molecule has 3 heterocycles. The topological polar surface area (TPSA) is 75.7 Å². The Morgan fingerprint density at radius 2 is 1.69 bits per heavy atom. The summed E-state index contributed by atoms with van der Waals surface area (Å²) in [6.45, 7) is 7.66. The lowest BCUT2D eigenvalue weighted by Gasteiger charge is -2.39. The van der Waals surface area contributed by atoms with Gasteiger partial charge in [-0.05, 0) is 42.3 Å². The third kappa shape index (κ3) is 3.43. The van der Waals surface area contributed by atoms with E-state index in [0.717, 1.165) is 22.4 Å². The fourth-order valence-corrected chi connectivity index (χ4v) is 6.79. The van der Waals surface area contributed by atoms with Crippen LogP contribution in [0.3, 0.4) is 0 Å². The molecule has 3 aliphatic rings. The summed E-state index contributed by atoms with van der Waals surface area (Å²) in [6.07, 6.45) is 2.08. The van der Waals surface area contributed by atoms with E-state index in [1.54, 1.807) is 31.4 Å². The summed E-state index contributed by atoms with van der Waals surface area (Å²) in [5.41, 5.74) is 2.65. The van der Waals surface area contributed by atoms with E-state index >= 15 is 0 Å². The van der Waals surface area contributed by atoms with Gasteiger partial charge in [-0.2, -0.15) is 0 Å². The van der Waals surface area contributed by atoms with Gasteiger partial charge in [0, 0.05) is 27.9 Å². The highest BCUT2D eigenvalue weighted by Gasteiger charge is 2.71. The molecule has 0 aromatic heterocycles. The van der Waals surface area contributed by atoms with Crippen molar-refractivity contribution in [3.05, 3.63) is 95.6 Å². The molecule has 1 fully saturated rings. The van der Waals surface area contributed by atoms with Gasteiger partial charge in [-0.15, -0.1) is 0 Å². The number of nitrogens with zero attached hydrogens (tertiary/aromatic N) is 1. The zero-order valence-electron chi connectivity index (χ0n) is 22.8. The minimum atomic E-state index is -1.31. The fourth-order valence-electron chi connectivity index (χ4n) is 6.79. The number of ether oxygens (including phenoxy) is 1. The van der Waals surface area contributed by atoms with Crippen LogP contribution in [0.2, 0.25) is 0 Å². The van der Waals surface area contributed by atoms with Gasteiger partial charge in [0.2, 0.25) is 5.91 Å². The molecule has 3 aromatic carbocycles. The van der Waals surface area contributed by atoms with Gasteiger partial charge >= 0.3 is 0 Å². The van der Waals surface area contributed by atoms with Crippen molar-refractivity contribution in [1.82, 2.24) is 0 Å². The fraction of sp³-hybridized carbons (Fsp3) is 0.303. The van der Waals surface area contributed by atoms with Crippen LogP contribution in [-0.2, 0) is 15.0 Å². The molecule has 3 aromatic rings. The van der Waals surface area contributed by atoms with Gasteiger partial charge in [0.15, 0.2) is 11.6 Å². The third-order valence-electron chi connectivity index (χ3n) is 8.53. The van der Waals surface area contributed by atoms with E-state index in [4.69, 9.17) is 4.74 Å². The number of nitrogens with one attached hydrogen (secondary N) is 1. The van der Waals surface area contributed by atoms with Gasteiger partial charge < -0.3 is 15.0 Å². The van der Waals surface area contributed by atoms with E-state index in [1.165, 1.54) is 0 Å². The van der Waals surface area contributed by atoms with Crippen molar-refractivity contribution in [2.24, 2.45) is 11.3 Å². The molecular formula is C33H32N2O4. The Balaban J connectivity index is 1.70. The van der Waals surface area contributed by atoms with Crippen LogP contribution in [0.5, 0.6) is 5.75 Å². The number of ketones is 2. The number of fused-ring (bicyclic) bond motifs is 6. The maximum Gasteiger partial charge on any atom is 0.238 e. The molecule has 39 heavy (non-hydrogen) atoms. The zero-order valence-corrected chi connectivity index (χ0v) is 22.8. The summed E-state index contributed by atoms with van der Waals surface area (Å²) < 4.78 is 5.43. The number of carbonyl (C=O) groups is 3. The van der Waals surface area contributed by atoms with Crippen LogP contribution in [0.25, 0.3) is 5.57 Å². The molecule has 1 saturated heterocycles. The van der Waals surface area contributed by atoms with E-state index in [1.807, 2.05) is 76.2 Å². The highest BCUT2D eigenvalue weighted by molar-refractivity contribution is 6.17. The first kappa shape index (κ1) is 25.1. The van der Waals surface area contributed by atoms with Crippen LogP contribution >= 0.6 is 0 Å². The van der Waals surface area contributed by atoms with E-state index < -0.39 is 28.8 Å². The highest BCUT2D eigenvalue weighted by atomic mass is 16.5. The lowest BCUT2D eigenvalue weighted by atomic mass is 9.63. The number of carbonyl (C=O) groups excluding carboxylic acids is 3. The third-order valence-corrected chi connectivity index (χ3v) is 8.53. The second-order valence-corrected chi connectivity index (χ2v) is 11.7. The van der Waals surface area contributed by atoms with Gasteiger partial charge in [0.1, 0.15) is 17.2 Å². The average Bonchev–Trinajstić information content (AvgIpc) is 3.40. The molecule has 198 valence electrons. The first-order chi connectivity index (χ1) is 18.6. The summed E-state index contributed by atoms with van der Waals surface area (Å²) in [7, 11) is 1.55.